The highest BCUT2D eigenvalue weighted by Gasteiger charge is 2.61. The molecule has 1 N–H and O–H groups in total. The summed E-state index contributed by atoms with van der Waals surface area (Å²) in [6.45, 7) is 6.93. The Morgan fingerprint density at radius 2 is 2.36 bits per heavy atom. The van der Waals surface area contributed by atoms with Crippen molar-refractivity contribution in [1.82, 2.24) is 4.98 Å². The summed E-state index contributed by atoms with van der Waals surface area (Å²) >= 11 is 0. The summed E-state index contributed by atoms with van der Waals surface area (Å²) in [5, 5.41) is 11.2. The zero-order valence-corrected chi connectivity index (χ0v) is 16.3. The molecule has 3 aliphatic rings. The van der Waals surface area contributed by atoms with Gasteiger partial charge in [0.2, 0.25) is 0 Å². The lowest BCUT2D eigenvalue weighted by molar-refractivity contribution is -0.134. The first-order valence-electron chi connectivity index (χ1n) is 9.50. The first-order chi connectivity index (χ1) is 12.4. The molecule has 0 aromatic carbocycles. The van der Waals surface area contributed by atoms with Gasteiger partial charge in [0, 0.05) is 27.5 Å². The highest BCUT2D eigenvalue weighted by Crippen LogP contribution is 2.61. The number of nitrogens with zero attached hydrogens (tertiary/aromatic N) is 2. The van der Waals surface area contributed by atoms with Crippen molar-refractivity contribution in [3.63, 3.8) is 0 Å². The molecular formula is C20H29N2O2P. The summed E-state index contributed by atoms with van der Waals surface area (Å²) in [4.78, 5) is 9.26. The second kappa shape index (κ2) is 7.26. The summed E-state index contributed by atoms with van der Waals surface area (Å²) in [7, 11) is -0.243. The largest absolute Gasteiger partial charge is 0.384 e. The van der Waals surface area contributed by atoms with Crippen LogP contribution in [0.3, 0.4) is 0 Å². The molecule has 136 valence electrons. The number of fused-ring (bicyclic) bond motifs is 2. The molecule has 5 atom stereocenters. The average molecular weight is 362 g/mol. The van der Waals surface area contributed by atoms with Gasteiger partial charge in [0.25, 0.3) is 0 Å². The van der Waals surface area contributed by atoms with Crippen molar-refractivity contribution in [2.75, 3.05) is 6.61 Å². The third-order valence-corrected chi connectivity index (χ3v) is 6.43. The smallest absolute Gasteiger partial charge is 0.103 e. The third kappa shape index (κ3) is 3.58. The molecule has 2 bridgehead atoms. The zero-order valence-electron chi connectivity index (χ0n) is 16.3. The van der Waals surface area contributed by atoms with Gasteiger partial charge in [-0.1, -0.05) is 32.1 Å². The maximum Gasteiger partial charge on any atom is 0.103 e. The molecule has 1 unspecified atom stereocenters. The molecule has 4 rings (SSSR count). The van der Waals surface area contributed by atoms with E-state index in [0.29, 0.717) is 12.5 Å². The Morgan fingerprint density at radius 3 is 3.00 bits per heavy atom. The minimum Gasteiger partial charge on any atom is -0.384 e. The van der Waals surface area contributed by atoms with E-state index in [1.54, 1.807) is 6.20 Å². The summed E-state index contributed by atoms with van der Waals surface area (Å²) in [6, 6.07) is 3.91. The summed E-state index contributed by atoms with van der Waals surface area (Å²) in [5.74, 6) is 0.895. The molecule has 0 amide bonds. The van der Waals surface area contributed by atoms with E-state index in [9.17, 15) is 5.11 Å². The van der Waals surface area contributed by atoms with Crippen LogP contribution >= 0.6 is 9.41 Å². The molecule has 25 heavy (non-hydrogen) atoms. The van der Waals surface area contributed by atoms with E-state index in [2.05, 4.69) is 18.8 Å². The highest BCUT2D eigenvalue weighted by molar-refractivity contribution is 7.09. The lowest BCUT2D eigenvalue weighted by atomic mass is 9.44. The summed E-state index contributed by atoms with van der Waals surface area (Å²) < 4.78 is 12.1. The molecule has 0 saturated heterocycles. The Labute approximate surface area is 154 Å². The Hall–Kier alpha value is -1.09. The first kappa shape index (κ1) is 17.3. The van der Waals surface area contributed by atoms with Crippen LogP contribution in [0.4, 0.5) is 0 Å². The van der Waals surface area contributed by atoms with Crippen molar-refractivity contribution < 1.29 is 9.63 Å². The Balaban J connectivity index is 1.81. The highest BCUT2D eigenvalue weighted by atomic mass is 31.0. The molecule has 3 fully saturated rings. The molecule has 0 radical (unpaired) electrons. The van der Waals surface area contributed by atoms with Crippen molar-refractivity contribution in [3.8, 4) is 0 Å². The summed E-state index contributed by atoms with van der Waals surface area (Å²) in [6.07, 6.45) is 10.3. The third-order valence-electron chi connectivity index (χ3n) is 6.26. The molecule has 1 heterocycles. The van der Waals surface area contributed by atoms with E-state index in [-0.39, 0.29) is 26.8 Å². The second-order valence-electron chi connectivity index (χ2n) is 8.05. The fraction of sp³-hybridized carbons (Fsp3) is 0.600. The summed E-state index contributed by atoms with van der Waals surface area (Å²) in [5.41, 5.74) is 1.35. The lowest BCUT2D eigenvalue weighted by Gasteiger charge is -2.62. The van der Waals surface area contributed by atoms with Gasteiger partial charge < -0.3 is 9.63 Å². The van der Waals surface area contributed by atoms with E-state index >= 15 is 0 Å². The van der Waals surface area contributed by atoms with Crippen LogP contribution in [0.15, 0.2) is 41.7 Å². The van der Waals surface area contributed by atoms with Gasteiger partial charge >= 0.3 is 0 Å². The van der Waals surface area contributed by atoms with E-state index in [1.807, 2.05) is 37.4 Å². The number of aromatic nitrogens is 1. The number of hydrogen-bond acceptors (Lipinski definition) is 4. The number of hydrogen-bond donors (Lipinski definition) is 1. The van der Waals surface area contributed by atoms with Gasteiger partial charge in [-0.15, -0.1) is 0 Å². The van der Waals surface area contributed by atoms with Crippen LogP contribution in [0.2, 0.25) is 0 Å². The fourth-order valence-corrected chi connectivity index (χ4v) is 4.60. The Morgan fingerprint density at radius 1 is 1.52 bits per heavy atom. The van der Waals surface area contributed by atoms with Crippen LogP contribution in [0.5, 0.6) is 0 Å². The van der Waals surface area contributed by atoms with E-state index < -0.39 is 5.60 Å². The predicted octanol–water partition coefficient (Wildman–Crippen LogP) is 4.13. The molecule has 4 nitrogen and oxygen atoms in total. The predicted molar refractivity (Wildman–Crippen MR) is 104 cm³/mol. The van der Waals surface area contributed by atoms with Crippen LogP contribution in [0.1, 0.15) is 51.6 Å². The standard InChI is InChI=1S/C20H29N2O2P/c1-19(2)15-11-17(19)20(3,23)18(12-15)22-16(8-4-5-10-24-25)14-7-6-9-21-13-14/h4-7,9,13,15-17,23H,8,10-12,25H2,1-3H3/b5-4-,22-18?/t15-,16-,17-,20+/m1/s1/i25T/t15-,16-,17-,20+,25?. The van der Waals surface area contributed by atoms with Crippen molar-refractivity contribution in [2.45, 2.75) is 51.7 Å². The maximum atomic E-state index is 11.2. The van der Waals surface area contributed by atoms with Crippen LogP contribution in [-0.4, -0.2) is 29.3 Å². The fourth-order valence-electron chi connectivity index (χ4n) is 4.51. The van der Waals surface area contributed by atoms with Crippen molar-refractivity contribution in [2.24, 2.45) is 22.2 Å². The molecule has 3 saturated carbocycles. The average Bonchev–Trinajstić information content (AvgIpc) is 2.61. The molecule has 0 aliphatic heterocycles. The normalized spacial score (nSPS) is 34.4. The first-order valence-corrected chi connectivity index (χ1v) is 9.41. The van der Waals surface area contributed by atoms with Crippen LogP contribution in [-0.2, 0) is 4.52 Å². The second-order valence-corrected chi connectivity index (χ2v) is 8.34. The van der Waals surface area contributed by atoms with E-state index in [0.717, 1.165) is 30.5 Å². The number of aliphatic hydroxyl groups is 1. The van der Waals surface area contributed by atoms with Gasteiger partial charge in [-0.05, 0) is 55.1 Å². The topological polar surface area (TPSA) is 54.7 Å². The molecule has 3 aliphatic carbocycles. The van der Waals surface area contributed by atoms with Gasteiger partial charge in [-0.25, -0.2) is 0 Å². The number of pyridine rings is 1. The van der Waals surface area contributed by atoms with Crippen molar-refractivity contribution in [3.05, 3.63) is 42.2 Å². The van der Waals surface area contributed by atoms with Crippen molar-refractivity contribution >= 4 is 15.1 Å². The Bertz CT molecular complexity index is 676. The van der Waals surface area contributed by atoms with Gasteiger partial charge in [0.05, 0.1) is 13.9 Å². The maximum absolute atomic E-state index is 11.2. The molecule has 5 heteroatoms. The molecule has 0 spiro atoms. The molecule has 1 aromatic rings. The van der Waals surface area contributed by atoms with Gasteiger partial charge in [0.15, 0.2) is 0 Å². The van der Waals surface area contributed by atoms with Crippen LogP contribution in [0, 0.1) is 17.3 Å². The zero-order chi connectivity index (χ0) is 18.8. The van der Waals surface area contributed by atoms with Gasteiger partial charge in [-0.3, -0.25) is 9.98 Å². The van der Waals surface area contributed by atoms with Gasteiger partial charge in [0.1, 0.15) is 5.60 Å². The lowest BCUT2D eigenvalue weighted by Crippen LogP contribution is -2.64. The minimum absolute atomic E-state index is 0.0551. The number of aliphatic imine (C=N–C) groups is 1. The minimum atomic E-state index is -0.835. The van der Waals surface area contributed by atoms with Crippen LogP contribution in [0.25, 0.3) is 0 Å². The SMILES string of the molecule is [3H]POC/C=C\C[C@@H](N=C1C[C@H]2C[C@H](C2(C)C)[C@]1(C)O)c1cccnc1. The monoisotopic (exact) mass is 362 g/mol. The van der Waals surface area contributed by atoms with Gasteiger partial charge in [-0.2, -0.15) is 0 Å². The van der Waals surface area contributed by atoms with Crippen molar-refractivity contribution in [1.29, 1.82) is 1.28 Å². The molecular weight excluding hydrogens is 331 g/mol. The molecule has 1 aromatic heterocycles. The van der Waals surface area contributed by atoms with E-state index in [4.69, 9.17) is 10.8 Å². The van der Waals surface area contributed by atoms with E-state index in [1.165, 1.54) is 0 Å². The van der Waals surface area contributed by atoms with Crippen LogP contribution < -0.4 is 0 Å². The quantitative estimate of drug-likeness (QED) is 0.451. The number of rotatable bonds is 7. The Kier molecular flexibility index (Phi) is 5.04.